The molecule has 0 amide bonds. The van der Waals surface area contributed by atoms with E-state index in [1.807, 2.05) is 0 Å². The number of hydrogen-bond acceptors (Lipinski definition) is 6. The van der Waals surface area contributed by atoms with Crippen molar-refractivity contribution in [1.82, 2.24) is 9.55 Å². The lowest BCUT2D eigenvalue weighted by atomic mass is 10.1. The van der Waals surface area contributed by atoms with Crippen LogP contribution in [-0.4, -0.2) is 44.5 Å². The van der Waals surface area contributed by atoms with E-state index in [4.69, 9.17) is 13.6 Å². The Kier molecular flexibility index (Phi) is 7.78. The van der Waals surface area contributed by atoms with E-state index >= 15 is 0 Å². The number of aryl methyl sites for hydroxylation is 1. The molecule has 8 nitrogen and oxygen atoms in total. The zero-order chi connectivity index (χ0) is 25.6. The second-order valence-electron chi connectivity index (χ2n) is 12.1. The van der Waals surface area contributed by atoms with Crippen molar-refractivity contribution in [3.05, 3.63) is 32.6 Å². The summed E-state index contributed by atoms with van der Waals surface area (Å²) in [5, 5.41) is 9.97. The lowest BCUT2D eigenvalue weighted by Gasteiger charge is -2.42. The van der Waals surface area contributed by atoms with Crippen molar-refractivity contribution in [3.63, 3.8) is 0 Å². The normalized spacial score (nSPS) is 23.4. The molecule has 1 aliphatic heterocycles. The molecule has 33 heavy (non-hydrogen) atoms. The van der Waals surface area contributed by atoms with E-state index in [1.165, 1.54) is 10.8 Å². The monoisotopic (exact) mass is 495 g/mol. The Morgan fingerprint density at radius 3 is 2.15 bits per heavy atom. The topological polar surface area (TPSA) is 106 Å². The van der Waals surface area contributed by atoms with Crippen molar-refractivity contribution in [1.29, 1.82) is 5.26 Å². The number of aromatic amines is 1. The maximum Gasteiger partial charge on any atom is 0.330 e. The molecule has 2 heterocycles. The molecule has 0 bridgehead atoms. The average molecular weight is 496 g/mol. The van der Waals surface area contributed by atoms with Crippen molar-refractivity contribution in [3.8, 4) is 6.07 Å². The number of H-pyrrole nitrogens is 1. The number of aromatic nitrogens is 2. The summed E-state index contributed by atoms with van der Waals surface area (Å²) in [6, 6.07) is 2.31. The lowest BCUT2D eigenvalue weighted by molar-refractivity contribution is -0.0603. The van der Waals surface area contributed by atoms with E-state index in [0.29, 0.717) is 12.0 Å². The fourth-order valence-electron chi connectivity index (χ4n) is 3.23. The second kappa shape index (κ2) is 9.26. The molecule has 0 saturated carbocycles. The highest BCUT2D eigenvalue weighted by Gasteiger charge is 2.50. The van der Waals surface area contributed by atoms with Gasteiger partial charge in [-0.3, -0.25) is 14.3 Å². The molecule has 1 aromatic heterocycles. The van der Waals surface area contributed by atoms with Crippen molar-refractivity contribution in [2.45, 2.75) is 116 Å². The Bertz CT molecular complexity index is 1010. The Labute approximate surface area is 199 Å². The summed E-state index contributed by atoms with van der Waals surface area (Å²) < 4.78 is 20.9. The molecule has 4 atom stereocenters. The van der Waals surface area contributed by atoms with Gasteiger partial charge < -0.3 is 13.6 Å². The van der Waals surface area contributed by atoms with E-state index in [-0.39, 0.29) is 10.1 Å². The number of rotatable bonds is 6. The summed E-state index contributed by atoms with van der Waals surface area (Å²) >= 11 is 0. The summed E-state index contributed by atoms with van der Waals surface area (Å²) in [4.78, 5) is 26.7. The van der Waals surface area contributed by atoms with Gasteiger partial charge >= 0.3 is 5.69 Å². The minimum absolute atomic E-state index is 0.0382. The minimum atomic E-state index is -2.27. The molecule has 1 fully saturated rings. The van der Waals surface area contributed by atoms with Gasteiger partial charge in [0.05, 0.1) is 12.2 Å². The molecule has 0 unspecified atom stereocenters. The van der Waals surface area contributed by atoms with Crippen LogP contribution in [-0.2, 0) is 13.6 Å². The summed E-state index contributed by atoms with van der Waals surface area (Å²) in [7, 11) is -4.48. The molecule has 1 saturated heterocycles. The first-order chi connectivity index (χ1) is 14.8. The molecular weight excluding hydrogens is 454 g/mol. The van der Waals surface area contributed by atoms with Crippen molar-refractivity contribution in [2.24, 2.45) is 0 Å². The Morgan fingerprint density at radius 2 is 1.67 bits per heavy atom. The van der Waals surface area contributed by atoms with Gasteiger partial charge in [0, 0.05) is 18.2 Å². The van der Waals surface area contributed by atoms with Crippen LogP contribution in [0.3, 0.4) is 0 Å². The van der Waals surface area contributed by atoms with E-state index in [1.54, 1.807) is 6.92 Å². The van der Waals surface area contributed by atoms with Crippen LogP contribution < -0.4 is 11.2 Å². The zero-order valence-corrected chi connectivity index (χ0v) is 24.0. The highest BCUT2D eigenvalue weighted by atomic mass is 28.4. The summed E-state index contributed by atoms with van der Waals surface area (Å²) in [5.41, 5.74) is -0.546. The highest BCUT2D eigenvalue weighted by Crippen LogP contribution is 2.43. The van der Waals surface area contributed by atoms with Gasteiger partial charge in [-0.1, -0.05) is 41.5 Å². The number of ether oxygens (including phenoxy) is 1. The van der Waals surface area contributed by atoms with Crippen LogP contribution in [0.4, 0.5) is 0 Å². The second-order valence-corrected chi connectivity index (χ2v) is 21.6. The fourth-order valence-corrected chi connectivity index (χ4v) is 5.75. The van der Waals surface area contributed by atoms with Crippen LogP contribution in [0.15, 0.2) is 15.8 Å². The molecule has 0 radical (unpaired) electrons. The Balaban J connectivity index is 2.47. The summed E-state index contributed by atoms with van der Waals surface area (Å²) in [6.07, 6.45) is -0.654. The summed E-state index contributed by atoms with van der Waals surface area (Å²) in [5.74, 6) is 0. The van der Waals surface area contributed by atoms with Crippen LogP contribution in [0, 0.1) is 18.3 Å². The van der Waals surface area contributed by atoms with Gasteiger partial charge in [-0.05, 0) is 43.2 Å². The average Bonchev–Trinajstić information content (AvgIpc) is 3.03. The van der Waals surface area contributed by atoms with E-state index in [9.17, 15) is 14.9 Å². The van der Waals surface area contributed by atoms with Gasteiger partial charge in [-0.15, -0.1) is 0 Å². The molecule has 0 spiro atoms. The SMILES string of the molecule is Cc1cn([C@H]2C[C@H](O[Si](C)(C)C(C)(C)C)[C@@H]([C@H](C#N)O[Si](C)(C)C(C)(C)C)O2)c(=O)[nH]c1=O. The van der Waals surface area contributed by atoms with Crippen LogP contribution in [0.25, 0.3) is 0 Å². The van der Waals surface area contributed by atoms with Gasteiger partial charge in [0.2, 0.25) is 0 Å². The Hall–Kier alpha value is -1.52. The predicted octanol–water partition coefficient (Wildman–Crippen LogP) is 4.44. The molecular formula is C23H41N3O5Si2. The maximum atomic E-state index is 12.5. The molecule has 0 aromatic carbocycles. The zero-order valence-electron chi connectivity index (χ0n) is 22.0. The van der Waals surface area contributed by atoms with Crippen LogP contribution in [0.2, 0.25) is 36.3 Å². The molecule has 1 N–H and O–H groups in total. The molecule has 0 aliphatic carbocycles. The van der Waals surface area contributed by atoms with Crippen molar-refractivity contribution >= 4 is 16.6 Å². The standard InChI is InChI=1S/C23H41N3O5Si2/c1-15-14-26(21(28)25-20(15)27)18-12-16(30-32(8,9)22(2,3)4)19(29-18)17(13-24)31-33(10,11)23(5,6)7/h14,16-19H,12H2,1-11H3,(H,25,27,28)/t16-,17-,18+,19-/m0/s1. The minimum Gasteiger partial charge on any atom is -0.411 e. The maximum absolute atomic E-state index is 12.5. The summed E-state index contributed by atoms with van der Waals surface area (Å²) in [6.45, 7) is 23.0. The third-order valence-corrected chi connectivity index (χ3v) is 16.4. The number of hydrogen-bond donors (Lipinski definition) is 1. The van der Waals surface area contributed by atoms with Gasteiger partial charge in [-0.2, -0.15) is 5.26 Å². The number of nitriles is 1. The highest BCUT2D eigenvalue weighted by molar-refractivity contribution is 6.74. The largest absolute Gasteiger partial charge is 0.411 e. The van der Waals surface area contributed by atoms with Crippen LogP contribution in [0.5, 0.6) is 0 Å². The van der Waals surface area contributed by atoms with Gasteiger partial charge in [0.15, 0.2) is 22.7 Å². The Morgan fingerprint density at radius 1 is 1.12 bits per heavy atom. The lowest BCUT2D eigenvalue weighted by Crippen LogP contribution is -2.51. The number of nitrogens with zero attached hydrogens (tertiary/aromatic N) is 2. The first-order valence-corrected chi connectivity index (χ1v) is 17.3. The van der Waals surface area contributed by atoms with Gasteiger partial charge in [-0.25, -0.2) is 4.79 Å². The van der Waals surface area contributed by atoms with E-state index in [2.05, 4.69) is 78.8 Å². The first-order valence-electron chi connectivity index (χ1n) is 11.5. The fraction of sp³-hybridized carbons (Fsp3) is 0.783. The smallest absolute Gasteiger partial charge is 0.330 e. The van der Waals surface area contributed by atoms with Gasteiger partial charge in [0.1, 0.15) is 12.3 Å². The van der Waals surface area contributed by atoms with E-state index < -0.39 is 52.4 Å². The van der Waals surface area contributed by atoms with Gasteiger partial charge in [0.25, 0.3) is 5.56 Å². The first kappa shape index (κ1) is 27.7. The molecule has 1 aliphatic rings. The quantitative estimate of drug-likeness (QED) is 0.585. The third-order valence-electron chi connectivity index (χ3n) is 7.48. The predicted molar refractivity (Wildman–Crippen MR) is 134 cm³/mol. The van der Waals surface area contributed by atoms with Crippen LogP contribution >= 0.6 is 0 Å². The molecule has 186 valence electrons. The van der Waals surface area contributed by atoms with E-state index in [0.717, 1.165) is 0 Å². The van der Waals surface area contributed by atoms with Crippen LogP contribution in [0.1, 0.15) is 59.8 Å². The van der Waals surface area contributed by atoms with Crippen molar-refractivity contribution in [2.75, 3.05) is 0 Å². The molecule has 1 aromatic rings. The molecule has 10 heteroatoms. The van der Waals surface area contributed by atoms with Crippen molar-refractivity contribution < 1.29 is 13.6 Å². The number of nitrogens with one attached hydrogen (secondary N) is 1. The molecule has 2 rings (SSSR count). The third kappa shape index (κ3) is 5.95.